The maximum Gasteiger partial charge on any atom is 0.151 e. The van der Waals surface area contributed by atoms with Gasteiger partial charge in [-0.3, -0.25) is 0 Å². The van der Waals surface area contributed by atoms with Crippen molar-refractivity contribution < 1.29 is 0 Å². The highest BCUT2D eigenvalue weighted by atomic mass is 35.5. The number of halogens is 2. The molecule has 0 saturated heterocycles. The van der Waals surface area contributed by atoms with Crippen LogP contribution >= 0.6 is 34.5 Å². The van der Waals surface area contributed by atoms with Gasteiger partial charge in [0.2, 0.25) is 0 Å². The van der Waals surface area contributed by atoms with E-state index in [2.05, 4.69) is 10.2 Å². The average Bonchev–Trinajstić information content (AvgIpc) is 2.53. The van der Waals surface area contributed by atoms with Gasteiger partial charge in [-0.25, -0.2) is 0 Å². The average molecular weight is 231 g/mol. The van der Waals surface area contributed by atoms with Gasteiger partial charge in [0, 0.05) is 0 Å². The molecule has 0 saturated carbocycles. The van der Waals surface area contributed by atoms with E-state index < -0.39 is 0 Å². The van der Waals surface area contributed by atoms with Crippen molar-refractivity contribution >= 4 is 34.5 Å². The third-order valence-electron chi connectivity index (χ3n) is 1.46. The molecule has 2 nitrogen and oxygen atoms in total. The Morgan fingerprint density at radius 3 is 2.38 bits per heavy atom. The molecule has 0 aliphatic heterocycles. The van der Waals surface area contributed by atoms with Crippen LogP contribution in [0.4, 0.5) is 0 Å². The summed E-state index contributed by atoms with van der Waals surface area (Å²) in [5.41, 5.74) is 0.793. The first kappa shape index (κ1) is 8.94. The Balaban J connectivity index is 2.41. The van der Waals surface area contributed by atoms with Crippen LogP contribution in [0, 0.1) is 0 Å². The molecule has 2 rings (SSSR count). The number of thiophene rings is 1. The van der Waals surface area contributed by atoms with Gasteiger partial charge in [-0.05, 0) is 24.3 Å². The van der Waals surface area contributed by atoms with Gasteiger partial charge in [-0.1, -0.05) is 23.2 Å². The van der Waals surface area contributed by atoms with E-state index in [1.165, 1.54) is 11.3 Å². The molecular weight excluding hydrogens is 227 g/mol. The molecule has 0 spiro atoms. The summed E-state index contributed by atoms with van der Waals surface area (Å²) in [6.45, 7) is 0. The second-order valence-corrected chi connectivity index (χ2v) is 4.45. The Morgan fingerprint density at radius 2 is 1.85 bits per heavy atom. The van der Waals surface area contributed by atoms with Gasteiger partial charge < -0.3 is 0 Å². The smallest absolute Gasteiger partial charge is 0.148 e. The fourth-order valence-corrected chi connectivity index (χ4v) is 2.01. The summed E-state index contributed by atoms with van der Waals surface area (Å²) in [6.07, 6.45) is 0. The molecule has 66 valence electrons. The number of rotatable bonds is 1. The van der Waals surface area contributed by atoms with Gasteiger partial charge in [0.25, 0.3) is 0 Å². The second-order valence-electron chi connectivity index (χ2n) is 2.35. The highest BCUT2D eigenvalue weighted by molar-refractivity contribution is 7.19. The van der Waals surface area contributed by atoms with Gasteiger partial charge in [0.05, 0.1) is 9.21 Å². The molecule has 0 fully saturated rings. The van der Waals surface area contributed by atoms with Crippen LogP contribution in [0.15, 0.2) is 24.3 Å². The minimum Gasteiger partial charge on any atom is -0.148 e. The summed E-state index contributed by atoms with van der Waals surface area (Å²) < 4.78 is 0.742. The number of aromatic nitrogens is 2. The summed E-state index contributed by atoms with van der Waals surface area (Å²) in [7, 11) is 0. The first-order valence-electron chi connectivity index (χ1n) is 3.50. The molecule has 0 atom stereocenters. The van der Waals surface area contributed by atoms with E-state index in [0.29, 0.717) is 5.15 Å². The highest BCUT2D eigenvalue weighted by Gasteiger charge is 2.02. The van der Waals surface area contributed by atoms with Crippen molar-refractivity contribution in [1.29, 1.82) is 0 Å². The topological polar surface area (TPSA) is 25.8 Å². The van der Waals surface area contributed by atoms with E-state index in [4.69, 9.17) is 23.2 Å². The molecule has 2 aromatic heterocycles. The molecule has 0 aliphatic carbocycles. The molecule has 0 radical (unpaired) electrons. The molecule has 0 aromatic carbocycles. The Bertz CT molecular complexity index is 410. The van der Waals surface area contributed by atoms with Crippen LogP contribution < -0.4 is 0 Å². The fourth-order valence-electron chi connectivity index (χ4n) is 0.899. The highest BCUT2D eigenvalue weighted by Crippen LogP contribution is 2.29. The standard InChI is InChI=1S/C8H4Cl2N2S/c9-7-3-1-5(11-12-7)6-2-4-8(10)13-6/h1-4H. The molecule has 0 amide bonds. The van der Waals surface area contributed by atoms with E-state index in [1.54, 1.807) is 6.07 Å². The molecule has 13 heavy (non-hydrogen) atoms. The summed E-state index contributed by atoms with van der Waals surface area (Å²) in [4.78, 5) is 0.995. The van der Waals surface area contributed by atoms with Crippen LogP contribution in [0.1, 0.15) is 0 Å². The van der Waals surface area contributed by atoms with Crippen molar-refractivity contribution in [2.24, 2.45) is 0 Å². The van der Waals surface area contributed by atoms with Crippen LogP contribution in [-0.4, -0.2) is 10.2 Å². The van der Waals surface area contributed by atoms with Crippen LogP contribution in [0.25, 0.3) is 10.6 Å². The lowest BCUT2D eigenvalue weighted by Gasteiger charge is -1.93. The Morgan fingerprint density at radius 1 is 1.00 bits per heavy atom. The molecule has 0 unspecified atom stereocenters. The monoisotopic (exact) mass is 230 g/mol. The molecule has 0 N–H and O–H groups in total. The van der Waals surface area contributed by atoms with Gasteiger partial charge in [0.15, 0.2) is 5.15 Å². The predicted molar refractivity (Wildman–Crippen MR) is 55.4 cm³/mol. The molecule has 2 aromatic rings. The van der Waals surface area contributed by atoms with E-state index >= 15 is 0 Å². The van der Waals surface area contributed by atoms with Crippen molar-refractivity contribution in [1.82, 2.24) is 10.2 Å². The summed E-state index contributed by atoms with van der Waals surface area (Å²) in [6, 6.07) is 7.26. The van der Waals surface area contributed by atoms with Crippen molar-refractivity contribution in [2.75, 3.05) is 0 Å². The van der Waals surface area contributed by atoms with Crippen LogP contribution in [-0.2, 0) is 0 Å². The van der Waals surface area contributed by atoms with E-state index in [-0.39, 0.29) is 0 Å². The largest absolute Gasteiger partial charge is 0.151 e. The van der Waals surface area contributed by atoms with Crippen LogP contribution in [0.3, 0.4) is 0 Å². The zero-order valence-electron chi connectivity index (χ0n) is 6.37. The summed E-state index contributed by atoms with van der Waals surface area (Å²) in [5.74, 6) is 0. The SMILES string of the molecule is Clc1ccc(-c2ccc(Cl)s2)nn1. The van der Waals surface area contributed by atoms with Crippen molar-refractivity contribution in [2.45, 2.75) is 0 Å². The van der Waals surface area contributed by atoms with E-state index in [9.17, 15) is 0 Å². The number of hydrogen-bond donors (Lipinski definition) is 0. The van der Waals surface area contributed by atoms with Crippen molar-refractivity contribution in [3.05, 3.63) is 33.8 Å². The summed E-state index contributed by atoms with van der Waals surface area (Å²) in [5, 5.41) is 8.07. The van der Waals surface area contributed by atoms with E-state index in [0.717, 1.165) is 14.9 Å². The van der Waals surface area contributed by atoms with Gasteiger partial charge in [-0.2, -0.15) is 0 Å². The quantitative estimate of drug-likeness (QED) is 0.750. The van der Waals surface area contributed by atoms with E-state index in [1.807, 2.05) is 18.2 Å². The molecule has 0 bridgehead atoms. The van der Waals surface area contributed by atoms with Gasteiger partial charge >= 0.3 is 0 Å². The third kappa shape index (κ3) is 1.99. The maximum absolute atomic E-state index is 5.79. The number of hydrogen-bond acceptors (Lipinski definition) is 3. The minimum atomic E-state index is 0.395. The minimum absolute atomic E-state index is 0.395. The zero-order chi connectivity index (χ0) is 9.26. The zero-order valence-corrected chi connectivity index (χ0v) is 8.70. The first-order valence-corrected chi connectivity index (χ1v) is 5.08. The molecule has 0 aliphatic rings. The molecule has 5 heteroatoms. The summed E-state index contributed by atoms with van der Waals surface area (Å²) >= 11 is 12.9. The Labute approximate surface area is 89.1 Å². The molecular formula is C8H4Cl2N2S. The normalized spacial score (nSPS) is 10.3. The number of nitrogens with zero attached hydrogens (tertiary/aromatic N) is 2. The predicted octanol–water partition coefficient (Wildman–Crippen LogP) is 3.51. The first-order chi connectivity index (χ1) is 6.25. The Hall–Kier alpha value is -0.640. The van der Waals surface area contributed by atoms with Gasteiger partial charge in [0.1, 0.15) is 5.69 Å². The fraction of sp³-hybridized carbons (Fsp3) is 0. The maximum atomic E-state index is 5.79. The van der Waals surface area contributed by atoms with Crippen LogP contribution in [0.5, 0.6) is 0 Å². The van der Waals surface area contributed by atoms with Crippen molar-refractivity contribution in [3.63, 3.8) is 0 Å². The molecule has 2 heterocycles. The van der Waals surface area contributed by atoms with Crippen LogP contribution in [0.2, 0.25) is 9.49 Å². The Kier molecular flexibility index (Phi) is 2.49. The second kappa shape index (κ2) is 3.62. The lowest BCUT2D eigenvalue weighted by atomic mass is 10.3. The lowest BCUT2D eigenvalue weighted by molar-refractivity contribution is 1.04. The van der Waals surface area contributed by atoms with Gasteiger partial charge in [-0.15, -0.1) is 21.5 Å². The third-order valence-corrected chi connectivity index (χ3v) is 2.91. The lowest BCUT2D eigenvalue weighted by Crippen LogP contribution is -1.83. The van der Waals surface area contributed by atoms with Crippen molar-refractivity contribution in [3.8, 4) is 10.6 Å².